The summed E-state index contributed by atoms with van der Waals surface area (Å²) in [5, 5.41) is 1.20. The number of hydrogen-bond donors (Lipinski definition) is 1. The smallest absolute Gasteiger partial charge is 0.368 e. The summed E-state index contributed by atoms with van der Waals surface area (Å²) in [6.45, 7) is 0.284. The van der Waals surface area contributed by atoms with E-state index in [4.69, 9.17) is 10.6 Å². The highest BCUT2D eigenvalue weighted by molar-refractivity contribution is 7.16. The molecule has 33 heavy (non-hydrogen) atoms. The largest absolute Gasteiger partial charge is 0.417 e. The lowest BCUT2D eigenvalue weighted by atomic mass is 9.97. The molecule has 0 unspecified atom stereocenters. The average Bonchev–Trinajstić information content (AvgIpc) is 3.34. The first-order valence-electron chi connectivity index (χ1n) is 10.1. The van der Waals surface area contributed by atoms with Crippen LogP contribution in [0.3, 0.4) is 0 Å². The molecule has 5 rings (SSSR count). The number of hydrogen-bond acceptors (Lipinski definition) is 4. The minimum Gasteiger partial charge on any atom is -0.368 e. The van der Waals surface area contributed by atoms with Crippen LogP contribution in [-0.2, 0) is 22.4 Å². The van der Waals surface area contributed by atoms with Crippen molar-refractivity contribution in [2.45, 2.75) is 24.9 Å². The number of carbonyl (C=O) groups excluding carboxylic acids is 2. The Balaban J connectivity index is 1.55. The molecular formula is C23H18F3N3O3S. The van der Waals surface area contributed by atoms with Crippen LogP contribution in [0.25, 0.3) is 10.4 Å². The summed E-state index contributed by atoms with van der Waals surface area (Å²) in [5.41, 5.74) is 6.29. The number of amides is 3. The lowest BCUT2D eigenvalue weighted by molar-refractivity contribution is -0.141. The highest BCUT2D eigenvalue weighted by Crippen LogP contribution is 2.50. The minimum atomic E-state index is -4.53. The molecule has 1 saturated heterocycles. The van der Waals surface area contributed by atoms with Crippen LogP contribution in [0.5, 0.6) is 0 Å². The van der Waals surface area contributed by atoms with Gasteiger partial charge in [0.2, 0.25) is 5.91 Å². The predicted octanol–water partition coefficient (Wildman–Crippen LogP) is 4.88. The Bertz CT molecular complexity index is 1230. The van der Waals surface area contributed by atoms with Crippen molar-refractivity contribution < 1.29 is 27.6 Å². The Hall–Kier alpha value is -3.37. The molecule has 170 valence electrons. The zero-order valence-electron chi connectivity index (χ0n) is 17.1. The van der Waals surface area contributed by atoms with Gasteiger partial charge in [-0.3, -0.25) is 9.63 Å². The van der Waals surface area contributed by atoms with Gasteiger partial charge in [0, 0.05) is 15.3 Å². The Morgan fingerprint density at radius 1 is 1.12 bits per heavy atom. The summed E-state index contributed by atoms with van der Waals surface area (Å²) in [5.74, 6) is -0.745. The number of fused-ring (bicyclic) bond motifs is 4. The highest BCUT2D eigenvalue weighted by atomic mass is 32.1. The number of halogens is 3. The second-order valence-electron chi connectivity index (χ2n) is 7.81. The van der Waals surface area contributed by atoms with Gasteiger partial charge in [0.1, 0.15) is 18.7 Å². The van der Waals surface area contributed by atoms with E-state index in [0.717, 1.165) is 23.0 Å². The van der Waals surface area contributed by atoms with Crippen molar-refractivity contribution in [1.82, 2.24) is 9.96 Å². The number of hydroxylamine groups is 2. The van der Waals surface area contributed by atoms with Crippen molar-refractivity contribution in [3.8, 4) is 10.4 Å². The summed E-state index contributed by atoms with van der Waals surface area (Å²) in [6, 6.07) is 14.0. The number of primary amides is 1. The van der Waals surface area contributed by atoms with Gasteiger partial charge < -0.3 is 10.6 Å². The zero-order valence-corrected chi connectivity index (χ0v) is 17.9. The maximum Gasteiger partial charge on any atom is 0.417 e. The van der Waals surface area contributed by atoms with E-state index in [2.05, 4.69) is 0 Å². The molecule has 2 atom stereocenters. The van der Waals surface area contributed by atoms with Crippen molar-refractivity contribution in [2.75, 3.05) is 6.54 Å². The van der Waals surface area contributed by atoms with Crippen LogP contribution in [0, 0.1) is 0 Å². The molecule has 0 radical (unpaired) electrons. The predicted molar refractivity (Wildman–Crippen MR) is 115 cm³/mol. The second kappa shape index (κ2) is 7.89. The Kier molecular flexibility index (Phi) is 5.13. The molecule has 0 saturated carbocycles. The number of nitrogens with two attached hydrogens (primary N) is 1. The summed E-state index contributed by atoms with van der Waals surface area (Å²) < 4.78 is 40.8. The van der Waals surface area contributed by atoms with Gasteiger partial charge in [0.05, 0.1) is 12.1 Å². The molecule has 3 amide bonds. The van der Waals surface area contributed by atoms with E-state index < -0.39 is 35.8 Å². The molecule has 3 heterocycles. The fourth-order valence-electron chi connectivity index (χ4n) is 4.30. The number of nitrogens with zero attached hydrogens (tertiary/aromatic N) is 2. The molecule has 2 aromatic carbocycles. The molecule has 1 fully saturated rings. The van der Waals surface area contributed by atoms with Gasteiger partial charge in [-0.15, -0.1) is 11.3 Å². The van der Waals surface area contributed by atoms with Gasteiger partial charge in [-0.25, -0.2) is 4.79 Å². The summed E-state index contributed by atoms with van der Waals surface area (Å²) >= 11 is 1.04. The molecule has 0 spiro atoms. The van der Waals surface area contributed by atoms with Crippen LogP contribution >= 0.6 is 11.3 Å². The Morgan fingerprint density at radius 3 is 2.52 bits per heavy atom. The summed E-state index contributed by atoms with van der Waals surface area (Å²) in [7, 11) is 0. The van der Waals surface area contributed by atoms with Gasteiger partial charge in [-0.2, -0.15) is 18.2 Å². The van der Waals surface area contributed by atoms with E-state index in [1.54, 1.807) is 6.07 Å². The molecule has 1 aromatic heterocycles. The standard InChI is InChI=1S/C23H18F3N3O3S/c24-23(25,26)16-9-5-4-8-14(16)18-10-15-17-11-28(19(21(27)30)20(15)33-18)22(31)29(17)32-12-13-6-2-1-3-7-13/h1-10,17,19H,11-12H2,(H2,27,30)/t17-,19-/m0/s1. The third kappa shape index (κ3) is 3.65. The lowest BCUT2D eigenvalue weighted by Gasteiger charge is -2.28. The fourth-order valence-corrected chi connectivity index (χ4v) is 5.68. The first-order chi connectivity index (χ1) is 15.8. The molecule has 6 nitrogen and oxygen atoms in total. The average molecular weight is 473 g/mol. The van der Waals surface area contributed by atoms with Gasteiger partial charge in [-0.05, 0) is 23.3 Å². The van der Waals surface area contributed by atoms with Crippen LogP contribution in [0.4, 0.5) is 18.0 Å². The number of rotatable bonds is 5. The number of benzene rings is 2. The SMILES string of the molecule is NC(=O)[C@@H]1c2sc(-c3ccccc3C(F)(F)F)cc2[C@@H]2CN1C(=O)N2OCc1ccccc1. The van der Waals surface area contributed by atoms with Crippen LogP contribution in [0.15, 0.2) is 60.7 Å². The third-order valence-electron chi connectivity index (χ3n) is 5.78. The van der Waals surface area contributed by atoms with Crippen molar-refractivity contribution in [2.24, 2.45) is 5.73 Å². The number of thiophene rings is 1. The van der Waals surface area contributed by atoms with Crippen LogP contribution in [-0.4, -0.2) is 28.4 Å². The van der Waals surface area contributed by atoms with Crippen molar-refractivity contribution in [1.29, 1.82) is 0 Å². The first-order valence-corrected chi connectivity index (χ1v) is 10.9. The van der Waals surface area contributed by atoms with E-state index in [1.807, 2.05) is 30.3 Å². The molecule has 2 N–H and O–H groups in total. The van der Waals surface area contributed by atoms with Gasteiger partial charge in [-0.1, -0.05) is 48.5 Å². The first kappa shape index (κ1) is 21.5. The normalized spacial score (nSPS) is 19.7. The highest BCUT2D eigenvalue weighted by Gasteiger charge is 2.51. The quantitative estimate of drug-likeness (QED) is 0.574. The number of carbonyl (C=O) groups is 2. The zero-order chi connectivity index (χ0) is 23.3. The summed E-state index contributed by atoms with van der Waals surface area (Å²) in [6.07, 6.45) is -4.53. The number of urea groups is 1. The van der Waals surface area contributed by atoms with Crippen molar-refractivity contribution in [3.63, 3.8) is 0 Å². The molecule has 2 bridgehead atoms. The van der Waals surface area contributed by atoms with E-state index in [-0.39, 0.29) is 18.7 Å². The Morgan fingerprint density at radius 2 is 1.82 bits per heavy atom. The van der Waals surface area contributed by atoms with Crippen LogP contribution in [0.2, 0.25) is 0 Å². The van der Waals surface area contributed by atoms with E-state index in [0.29, 0.717) is 15.3 Å². The van der Waals surface area contributed by atoms with Crippen LogP contribution in [0.1, 0.15) is 33.7 Å². The minimum absolute atomic E-state index is 0.0153. The molecule has 0 aliphatic carbocycles. The van der Waals surface area contributed by atoms with Gasteiger partial charge >= 0.3 is 12.2 Å². The fraction of sp³-hybridized carbons (Fsp3) is 0.217. The van der Waals surface area contributed by atoms with E-state index >= 15 is 0 Å². The lowest BCUT2D eigenvalue weighted by Crippen LogP contribution is -2.40. The molecule has 2 aliphatic rings. The molecule has 3 aromatic rings. The van der Waals surface area contributed by atoms with Crippen LogP contribution < -0.4 is 5.73 Å². The maximum absolute atomic E-state index is 13.6. The van der Waals surface area contributed by atoms with Gasteiger partial charge in [0.25, 0.3) is 0 Å². The molecular weight excluding hydrogens is 455 g/mol. The molecule has 2 aliphatic heterocycles. The topological polar surface area (TPSA) is 75.9 Å². The summed E-state index contributed by atoms with van der Waals surface area (Å²) in [4.78, 5) is 33.2. The molecule has 10 heteroatoms. The second-order valence-corrected chi connectivity index (χ2v) is 8.90. The van der Waals surface area contributed by atoms with Gasteiger partial charge in [0.15, 0.2) is 0 Å². The van der Waals surface area contributed by atoms with E-state index in [1.165, 1.54) is 28.2 Å². The Labute approximate surface area is 190 Å². The van der Waals surface area contributed by atoms with Crippen molar-refractivity contribution >= 4 is 23.3 Å². The van der Waals surface area contributed by atoms with E-state index in [9.17, 15) is 22.8 Å². The maximum atomic E-state index is 13.6. The number of alkyl halides is 3. The third-order valence-corrected chi connectivity index (χ3v) is 7.01. The monoisotopic (exact) mass is 473 g/mol. The van der Waals surface area contributed by atoms with Crippen molar-refractivity contribution in [3.05, 3.63) is 82.2 Å².